The third-order valence-corrected chi connectivity index (χ3v) is 2.96. The Labute approximate surface area is 105 Å². The number of halogens is 1. The number of hydrogen-bond acceptors (Lipinski definition) is 4. The van der Waals surface area contributed by atoms with Crippen molar-refractivity contribution in [1.82, 2.24) is 0 Å². The maximum Gasteiger partial charge on any atom is 0.166 e. The Morgan fingerprint density at radius 1 is 1.47 bits per heavy atom. The molecule has 0 bridgehead atoms. The first kappa shape index (κ1) is 12.3. The average molecular weight is 259 g/mol. The van der Waals surface area contributed by atoms with Crippen molar-refractivity contribution in [3.05, 3.63) is 16.7 Å². The number of hydrogen-bond donors (Lipinski definition) is 1. The monoisotopic (exact) mass is 258 g/mol. The van der Waals surface area contributed by atoms with E-state index in [9.17, 15) is 5.11 Å². The molecule has 0 saturated carbocycles. The van der Waals surface area contributed by atoms with Gasteiger partial charge in [0.1, 0.15) is 19.0 Å². The van der Waals surface area contributed by atoms with Gasteiger partial charge in [-0.15, -0.1) is 0 Å². The number of aliphatic hydroxyl groups is 1. The van der Waals surface area contributed by atoms with E-state index < -0.39 is 6.10 Å². The summed E-state index contributed by atoms with van der Waals surface area (Å²) in [5, 5.41) is 9.97. The van der Waals surface area contributed by atoms with Crippen molar-refractivity contribution in [1.29, 1.82) is 0 Å². The molecule has 94 valence electrons. The van der Waals surface area contributed by atoms with Crippen LogP contribution in [-0.4, -0.2) is 31.5 Å². The molecule has 1 unspecified atom stereocenters. The van der Waals surface area contributed by atoms with E-state index in [1.54, 1.807) is 20.1 Å². The van der Waals surface area contributed by atoms with Gasteiger partial charge in [-0.05, 0) is 6.92 Å². The number of benzene rings is 1. The van der Waals surface area contributed by atoms with Crippen LogP contribution in [0.15, 0.2) is 6.07 Å². The predicted molar refractivity (Wildman–Crippen MR) is 64.4 cm³/mol. The van der Waals surface area contributed by atoms with Crippen LogP contribution in [0.5, 0.6) is 17.2 Å². The van der Waals surface area contributed by atoms with Crippen molar-refractivity contribution in [3.8, 4) is 17.2 Å². The second-order valence-electron chi connectivity index (χ2n) is 3.95. The highest BCUT2D eigenvalue weighted by atomic mass is 35.5. The van der Waals surface area contributed by atoms with E-state index in [4.69, 9.17) is 25.8 Å². The molecule has 0 aliphatic carbocycles. The Hall–Kier alpha value is -1.13. The summed E-state index contributed by atoms with van der Waals surface area (Å²) in [6, 6.07) is 1.71. The van der Waals surface area contributed by atoms with Crippen LogP contribution in [-0.2, 0) is 6.42 Å². The molecule has 1 aromatic carbocycles. The zero-order valence-corrected chi connectivity index (χ0v) is 10.6. The van der Waals surface area contributed by atoms with Crippen molar-refractivity contribution < 1.29 is 19.3 Å². The van der Waals surface area contributed by atoms with Gasteiger partial charge in [0.25, 0.3) is 0 Å². The van der Waals surface area contributed by atoms with E-state index in [0.717, 1.165) is 5.56 Å². The smallest absolute Gasteiger partial charge is 0.166 e. The number of ether oxygens (including phenoxy) is 3. The average Bonchev–Trinajstić information content (AvgIpc) is 2.32. The molecule has 0 fully saturated rings. The van der Waals surface area contributed by atoms with Crippen molar-refractivity contribution >= 4 is 11.6 Å². The third-order valence-electron chi connectivity index (χ3n) is 2.55. The predicted octanol–water partition coefficient (Wildman–Crippen LogP) is 2.04. The molecule has 5 heteroatoms. The number of aliphatic hydroxyl groups excluding tert-OH is 1. The molecule has 0 aromatic heterocycles. The molecule has 1 aliphatic rings. The van der Waals surface area contributed by atoms with Crippen LogP contribution in [0, 0.1) is 0 Å². The molecule has 2 rings (SSSR count). The topological polar surface area (TPSA) is 47.9 Å². The molecule has 0 spiro atoms. The van der Waals surface area contributed by atoms with Crippen LogP contribution in [0.4, 0.5) is 0 Å². The van der Waals surface area contributed by atoms with E-state index in [1.165, 1.54) is 0 Å². The minimum absolute atomic E-state index is 0.404. The molecular weight excluding hydrogens is 244 g/mol. The van der Waals surface area contributed by atoms with Crippen LogP contribution >= 0.6 is 11.6 Å². The zero-order valence-electron chi connectivity index (χ0n) is 9.83. The molecule has 1 aromatic rings. The standard InChI is InChI=1S/C12H15ClO4/c1-7(14)5-8-11(13)9(15-2)6-10-12(8)17-4-3-16-10/h6-7,14H,3-5H2,1-2H3. The van der Waals surface area contributed by atoms with E-state index in [2.05, 4.69) is 0 Å². The van der Waals surface area contributed by atoms with E-state index >= 15 is 0 Å². The minimum Gasteiger partial charge on any atom is -0.495 e. The van der Waals surface area contributed by atoms with Crippen LogP contribution < -0.4 is 14.2 Å². The quantitative estimate of drug-likeness (QED) is 0.901. The first-order chi connectivity index (χ1) is 8.13. The largest absolute Gasteiger partial charge is 0.495 e. The number of rotatable bonds is 3. The summed E-state index contributed by atoms with van der Waals surface area (Å²) in [6.07, 6.45) is -0.101. The van der Waals surface area contributed by atoms with Gasteiger partial charge in [-0.3, -0.25) is 0 Å². The Bertz CT molecular complexity index is 417. The summed E-state index contributed by atoms with van der Waals surface area (Å²) in [4.78, 5) is 0. The van der Waals surface area contributed by atoms with Crippen LogP contribution in [0.1, 0.15) is 12.5 Å². The fourth-order valence-electron chi connectivity index (χ4n) is 1.83. The Balaban J connectivity index is 2.51. The normalized spacial score (nSPS) is 15.5. The van der Waals surface area contributed by atoms with Crippen LogP contribution in [0.2, 0.25) is 5.02 Å². The third kappa shape index (κ3) is 2.42. The fourth-order valence-corrected chi connectivity index (χ4v) is 2.13. The van der Waals surface area contributed by atoms with Gasteiger partial charge < -0.3 is 19.3 Å². The Morgan fingerprint density at radius 3 is 2.82 bits per heavy atom. The number of fused-ring (bicyclic) bond motifs is 1. The van der Waals surface area contributed by atoms with Crippen molar-refractivity contribution in [2.45, 2.75) is 19.4 Å². The summed E-state index contributed by atoms with van der Waals surface area (Å²) in [6.45, 7) is 2.69. The van der Waals surface area contributed by atoms with Gasteiger partial charge in [0, 0.05) is 18.1 Å². The van der Waals surface area contributed by atoms with Crippen LogP contribution in [0.3, 0.4) is 0 Å². The molecule has 17 heavy (non-hydrogen) atoms. The van der Waals surface area contributed by atoms with Gasteiger partial charge in [0.2, 0.25) is 0 Å². The lowest BCUT2D eigenvalue weighted by Gasteiger charge is -2.23. The summed E-state index contributed by atoms with van der Waals surface area (Å²) < 4.78 is 16.2. The molecule has 4 nitrogen and oxygen atoms in total. The van der Waals surface area contributed by atoms with E-state index in [1.807, 2.05) is 0 Å². The van der Waals surface area contributed by atoms with Crippen molar-refractivity contribution in [2.75, 3.05) is 20.3 Å². The van der Waals surface area contributed by atoms with E-state index in [0.29, 0.717) is 41.9 Å². The lowest BCUT2D eigenvalue weighted by Crippen LogP contribution is -2.18. The lowest BCUT2D eigenvalue weighted by molar-refractivity contribution is 0.163. The van der Waals surface area contributed by atoms with Gasteiger partial charge >= 0.3 is 0 Å². The van der Waals surface area contributed by atoms with Gasteiger partial charge in [0.15, 0.2) is 11.5 Å². The maximum atomic E-state index is 9.50. The molecule has 1 aliphatic heterocycles. The van der Waals surface area contributed by atoms with E-state index in [-0.39, 0.29) is 0 Å². The second-order valence-corrected chi connectivity index (χ2v) is 4.33. The van der Waals surface area contributed by atoms with Crippen molar-refractivity contribution in [2.24, 2.45) is 0 Å². The molecule has 1 heterocycles. The maximum absolute atomic E-state index is 9.50. The van der Waals surface area contributed by atoms with Gasteiger partial charge in [-0.1, -0.05) is 11.6 Å². The van der Waals surface area contributed by atoms with Gasteiger partial charge in [0.05, 0.1) is 18.2 Å². The fraction of sp³-hybridized carbons (Fsp3) is 0.500. The molecule has 0 saturated heterocycles. The zero-order chi connectivity index (χ0) is 12.4. The first-order valence-corrected chi connectivity index (χ1v) is 5.84. The summed E-state index contributed by atoms with van der Waals surface area (Å²) in [7, 11) is 1.55. The van der Waals surface area contributed by atoms with Crippen LogP contribution in [0.25, 0.3) is 0 Å². The summed E-state index contributed by atoms with van der Waals surface area (Å²) in [5.41, 5.74) is 0.732. The highest BCUT2D eigenvalue weighted by Crippen LogP contribution is 2.44. The molecule has 1 N–H and O–H groups in total. The van der Waals surface area contributed by atoms with Gasteiger partial charge in [-0.25, -0.2) is 0 Å². The first-order valence-electron chi connectivity index (χ1n) is 5.46. The minimum atomic E-state index is -0.505. The number of methoxy groups -OCH3 is 1. The summed E-state index contributed by atoms with van der Waals surface area (Å²) in [5.74, 6) is 1.77. The lowest BCUT2D eigenvalue weighted by atomic mass is 10.1. The molecule has 0 radical (unpaired) electrons. The van der Waals surface area contributed by atoms with Gasteiger partial charge in [-0.2, -0.15) is 0 Å². The highest BCUT2D eigenvalue weighted by Gasteiger charge is 2.23. The molecule has 1 atom stereocenters. The molecule has 0 amide bonds. The SMILES string of the molecule is COc1cc2c(c(CC(C)O)c1Cl)OCCO2. The highest BCUT2D eigenvalue weighted by molar-refractivity contribution is 6.33. The Kier molecular flexibility index (Phi) is 3.64. The van der Waals surface area contributed by atoms with Crippen molar-refractivity contribution in [3.63, 3.8) is 0 Å². The summed E-state index contributed by atoms with van der Waals surface area (Å²) >= 11 is 6.22. The molecular formula is C12H15ClO4. The second kappa shape index (κ2) is 5.02. The Morgan fingerprint density at radius 2 is 2.18 bits per heavy atom.